The zero-order valence-electron chi connectivity index (χ0n) is 17.4. The normalized spacial score (nSPS) is 10.7. The highest BCUT2D eigenvalue weighted by atomic mass is 32.1. The van der Waals surface area contributed by atoms with Crippen molar-refractivity contribution in [2.45, 2.75) is 27.2 Å². The molecule has 0 aliphatic rings. The molecule has 0 saturated heterocycles. The number of nitrogens with one attached hydrogen (secondary N) is 2. The molecule has 5 nitrogen and oxygen atoms in total. The Morgan fingerprint density at radius 3 is 2.33 bits per heavy atom. The third kappa shape index (κ3) is 5.48. The summed E-state index contributed by atoms with van der Waals surface area (Å²) in [5, 5.41) is 8.33. The molecular weight excluding hydrogens is 396 g/mol. The van der Waals surface area contributed by atoms with E-state index in [0.29, 0.717) is 29.3 Å². The second kappa shape index (κ2) is 10.1. The topological polar surface area (TPSA) is 67.4 Å². The summed E-state index contributed by atoms with van der Waals surface area (Å²) in [6.07, 6.45) is 0.401. The first kappa shape index (κ1) is 21.6. The van der Waals surface area contributed by atoms with E-state index in [1.54, 1.807) is 12.1 Å². The molecule has 0 saturated carbocycles. The monoisotopic (exact) mass is 422 g/mol. The standard InChI is InChI=1S/C24H26N2O3S/c1-4-29-19-12-10-18(11-13-19)25-23(28)22-20(17-8-6-5-7-9-17)15-30-24(22)26-21(27)14-16(2)3/h5-13,15-16H,4,14H2,1-3H3,(H,25,28)(H,26,27). The van der Waals surface area contributed by atoms with Gasteiger partial charge in [0.1, 0.15) is 10.8 Å². The molecule has 2 aromatic carbocycles. The molecule has 0 bridgehead atoms. The smallest absolute Gasteiger partial charge is 0.259 e. The van der Waals surface area contributed by atoms with Gasteiger partial charge in [-0.15, -0.1) is 11.3 Å². The van der Waals surface area contributed by atoms with E-state index in [4.69, 9.17) is 4.74 Å². The second-order valence-corrected chi connectivity index (χ2v) is 8.16. The van der Waals surface area contributed by atoms with Crippen LogP contribution in [-0.2, 0) is 4.79 Å². The molecule has 3 aromatic rings. The molecule has 0 aliphatic carbocycles. The third-order valence-corrected chi connectivity index (χ3v) is 5.27. The lowest BCUT2D eigenvalue weighted by Gasteiger charge is -2.11. The van der Waals surface area contributed by atoms with Gasteiger partial charge in [-0.1, -0.05) is 44.2 Å². The molecule has 3 rings (SSSR count). The first-order valence-corrected chi connectivity index (χ1v) is 10.9. The summed E-state index contributed by atoms with van der Waals surface area (Å²) in [4.78, 5) is 25.6. The fraction of sp³-hybridized carbons (Fsp3) is 0.250. The minimum absolute atomic E-state index is 0.0958. The van der Waals surface area contributed by atoms with Crippen LogP contribution in [0, 0.1) is 5.92 Å². The average Bonchev–Trinajstić information content (AvgIpc) is 3.13. The summed E-state index contributed by atoms with van der Waals surface area (Å²) < 4.78 is 5.45. The van der Waals surface area contributed by atoms with E-state index in [2.05, 4.69) is 10.6 Å². The summed E-state index contributed by atoms with van der Waals surface area (Å²) in [5.41, 5.74) is 2.85. The molecule has 0 radical (unpaired) electrons. The van der Waals surface area contributed by atoms with Gasteiger partial charge in [0.25, 0.3) is 5.91 Å². The molecule has 30 heavy (non-hydrogen) atoms. The van der Waals surface area contributed by atoms with Crippen LogP contribution >= 0.6 is 11.3 Å². The molecular formula is C24H26N2O3S. The number of ether oxygens (including phenoxy) is 1. The second-order valence-electron chi connectivity index (χ2n) is 7.28. The van der Waals surface area contributed by atoms with Gasteiger partial charge < -0.3 is 15.4 Å². The fourth-order valence-corrected chi connectivity index (χ4v) is 4.03. The number of hydrogen-bond acceptors (Lipinski definition) is 4. The van der Waals surface area contributed by atoms with Gasteiger partial charge in [0.05, 0.1) is 12.2 Å². The maximum absolute atomic E-state index is 13.2. The molecule has 1 aromatic heterocycles. The Bertz CT molecular complexity index is 995. The number of hydrogen-bond donors (Lipinski definition) is 2. The van der Waals surface area contributed by atoms with Crippen LogP contribution in [0.3, 0.4) is 0 Å². The van der Waals surface area contributed by atoms with E-state index in [9.17, 15) is 9.59 Å². The first-order chi connectivity index (χ1) is 14.5. The average molecular weight is 423 g/mol. The van der Waals surface area contributed by atoms with E-state index in [-0.39, 0.29) is 17.7 Å². The van der Waals surface area contributed by atoms with Crippen molar-refractivity contribution in [2.75, 3.05) is 17.2 Å². The Morgan fingerprint density at radius 2 is 1.70 bits per heavy atom. The van der Waals surface area contributed by atoms with Gasteiger partial charge in [0.15, 0.2) is 0 Å². The minimum atomic E-state index is -0.265. The van der Waals surface area contributed by atoms with Crippen molar-refractivity contribution in [1.29, 1.82) is 0 Å². The van der Waals surface area contributed by atoms with Gasteiger partial charge in [-0.2, -0.15) is 0 Å². The largest absolute Gasteiger partial charge is 0.494 e. The zero-order valence-corrected chi connectivity index (χ0v) is 18.2. The van der Waals surface area contributed by atoms with Crippen LogP contribution < -0.4 is 15.4 Å². The van der Waals surface area contributed by atoms with Gasteiger partial charge in [-0.3, -0.25) is 9.59 Å². The Labute approximate surface area is 181 Å². The lowest BCUT2D eigenvalue weighted by atomic mass is 10.0. The molecule has 1 heterocycles. The van der Waals surface area contributed by atoms with Crippen molar-refractivity contribution in [3.63, 3.8) is 0 Å². The lowest BCUT2D eigenvalue weighted by molar-refractivity contribution is -0.116. The van der Waals surface area contributed by atoms with Crippen LogP contribution in [0.5, 0.6) is 5.75 Å². The third-order valence-electron chi connectivity index (χ3n) is 4.37. The zero-order chi connectivity index (χ0) is 21.5. The SMILES string of the molecule is CCOc1ccc(NC(=O)c2c(-c3ccccc3)csc2NC(=O)CC(C)C)cc1. The number of carbonyl (C=O) groups excluding carboxylic acids is 2. The van der Waals surface area contributed by atoms with E-state index < -0.39 is 0 Å². The summed E-state index contributed by atoms with van der Waals surface area (Å²) in [7, 11) is 0. The van der Waals surface area contributed by atoms with Crippen molar-refractivity contribution in [3.8, 4) is 16.9 Å². The Hall–Kier alpha value is -3.12. The highest BCUT2D eigenvalue weighted by molar-refractivity contribution is 7.15. The number of benzene rings is 2. The predicted molar refractivity (Wildman–Crippen MR) is 123 cm³/mol. The van der Waals surface area contributed by atoms with Crippen molar-refractivity contribution in [3.05, 3.63) is 65.5 Å². The molecule has 0 atom stereocenters. The molecule has 6 heteroatoms. The molecule has 2 amide bonds. The summed E-state index contributed by atoms with van der Waals surface area (Å²) in [6.45, 7) is 6.48. The molecule has 0 spiro atoms. The molecule has 156 valence electrons. The minimum Gasteiger partial charge on any atom is -0.494 e. The number of anilines is 2. The van der Waals surface area contributed by atoms with Crippen LogP contribution in [0.15, 0.2) is 60.0 Å². The van der Waals surface area contributed by atoms with Gasteiger partial charge in [0.2, 0.25) is 5.91 Å². The van der Waals surface area contributed by atoms with Crippen LogP contribution in [-0.4, -0.2) is 18.4 Å². The van der Waals surface area contributed by atoms with Crippen molar-refractivity contribution < 1.29 is 14.3 Å². The van der Waals surface area contributed by atoms with Crippen LogP contribution in [0.4, 0.5) is 10.7 Å². The maximum atomic E-state index is 13.2. The van der Waals surface area contributed by atoms with Crippen LogP contribution in [0.2, 0.25) is 0 Å². The van der Waals surface area contributed by atoms with Gasteiger partial charge in [-0.25, -0.2) is 0 Å². The van der Waals surface area contributed by atoms with Gasteiger partial charge in [-0.05, 0) is 42.7 Å². The Balaban J connectivity index is 1.90. The lowest BCUT2D eigenvalue weighted by Crippen LogP contribution is -2.18. The highest BCUT2D eigenvalue weighted by Gasteiger charge is 2.22. The molecule has 2 N–H and O–H groups in total. The summed E-state index contributed by atoms with van der Waals surface area (Å²) in [6, 6.07) is 16.9. The molecule has 0 unspecified atom stereocenters. The summed E-state index contributed by atoms with van der Waals surface area (Å²) in [5.74, 6) is 0.623. The van der Waals surface area contributed by atoms with E-state index >= 15 is 0 Å². The van der Waals surface area contributed by atoms with Crippen molar-refractivity contribution in [1.82, 2.24) is 0 Å². The molecule has 0 aliphatic heterocycles. The van der Waals surface area contributed by atoms with E-state index in [1.807, 2.05) is 68.6 Å². The number of rotatable bonds is 8. The van der Waals surface area contributed by atoms with Crippen molar-refractivity contribution in [2.24, 2.45) is 5.92 Å². The van der Waals surface area contributed by atoms with Gasteiger partial charge in [0, 0.05) is 23.1 Å². The first-order valence-electron chi connectivity index (χ1n) is 9.99. The fourth-order valence-electron chi connectivity index (χ4n) is 3.05. The van der Waals surface area contributed by atoms with E-state index in [1.165, 1.54) is 11.3 Å². The Morgan fingerprint density at radius 1 is 1.00 bits per heavy atom. The number of thiophene rings is 1. The molecule has 0 fully saturated rings. The van der Waals surface area contributed by atoms with Crippen LogP contribution in [0.25, 0.3) is 11.1 Å². The quantitative estimate of drug-likeness (QED) is 0.464. The Kier molecular flexibility index (Phi) is 7.25. The number of amides is 2. The number of carbonyl (C=O) groups is 2. The highest BCUT2D eigenvalue weighted by Crippen LogP contribution is 2.36. The summed E-state index contributed by atoms with van der Waals surface area (Å²) >= 11 is 1.36. The maximum Gasteiger partial charge on any atom is 0.259 e. The van der Waals surface area contributed by atoms with Gasteiger partial charge >= 0.3 is 0 Å². The van der Waals surface area contributed by atoms with E-state index in [0.717, 1.165) is 16.9 Å². The van der Waals surface area contributed by atoms with Crippen LogP contribution in [0.1, 0.15) is 37.6 Å². The predicted octanol–water partition coefficient (Wildman–Crippen LogP) is 6.05. The van der Waals surface area contributed by atoms with Crippen molar-refractivity contribution >= 4 is 33.8 Å².